The lowest BCUT2D eigenvalue weighted by Crippen LogP contribution is -2.05. The molecule has 13 heavy (non-hydrogen) atoms. The molecule has 0 aromatic heterocycles. The molecule has 0 spiro atoms. The SMILES string of the molecule is CCS(=O)Nc1ccc(O)c(F)c1. The van der Waals surface area contributed by atoms with E-state index in [-0.39, 0.29) is 0 Å². The number of aromatic hydroxyl groups is 1. The van der Waals surface area contributed by atoms with Gasteiger partial charge in [-0.2, -0.15) is 0 Å². The van der Waals surface area contributed by atoms with Crippen molar-refractivity contribution in [3.05, 3.63) is 24.0 Å². The zero-order chi connectivity index (χ0) is 9.84. The number of nitrogens with one attached hydrogen (secondary N) is 1. The quantitative estimate of drug-likeness (QED) is 0.733. The highest BCUT2D eigenvalue weighted by Crippen LogP contribution is 2.19. The highest BCUT2D eigenvalue weighted by molar-refractivity contribution is 7.86. The molecule has 0 saturated heterocycles. The van der Waals surface area contributed by atoms with Crippen LogP contribution in [0.2, 0.25) is 0 Å². The van der Waals surface area contributed by atoms with Gasteiger partial charge in [0.15, 0.2) is 11.6 Å². The van der Waals surface area contributed by atoms with Crippen molar-refractivity contribution in [1.82, 2.24) is 0 Å². The first-order valence-corrected chi connectivity index (χ1v) is 5.09. The van der Waals surface area contributed by atoms with Gasteiger partial charge in [0, 0.05) is 17.5 Å². The van der Waals surface area contributed by atoms with E-state index in [1.807, 2.05) is 0 Å². The van der Waals surface area contributed by atoms with Crippen LogP contribution in [0.25, 0.3) is 0 Å². The normalized spacial score (nSPS) is 12.5. The second-order valence-electron chi connectivity index (χ2n) is 2.40. The van der Waals surface area contributed by atoms with E-state index < -0.39 is 22.6 Å². The van der Waals surface area contributed by atoms with Gasteiger partial charge >= 0.3 is 0 Å². The standard InChI is InChI=1S/C8H10FNO2S/c1-2-13(12)10-6-3-4-8(11)7(9)5-6/h3-5,10-11H,2H2,1H3. The van der Waals surface area contributed by atoms with Gasteiger partial charge in [-0.1, -0.05) is 6.92 Å². The van der Waals surface area contributed by atoms with Crippen LogP contribution in [-0.2, 0) is 11.0 Å². The molecule has 3 nitrogen and oxygen atoms in total. The number of phenolic OH excluding ortho intramolecular Hbond substituents is 1. The summed E-state index contributed by atoms with van der Waals surface area (Å²) in [7, 11) is -1.19. The van der Waals surface area contributed by atoms with Gasteiger partial charge in [-0.25, -0.2) is 8.60 Å². The Morgan fingerprint density at radius 3 is 2.85 bits per heavy atom. The van der Waals surface area contributed by atoms with Gasteiger partial charge in [-0.05, 0) is 12.1 Å². The average molecular weight is 203 g/mol. The third kappa shape index (κ3) is 2.69. The predicted molar refractivity (Wildman–Crippen MR) is 50.4 cm³/mol. The predicted octanol–water partition coefficient (Wildman–Crippen LogP) is 1.63. The molecular weight excluding hydrogens is 193 g/mol. The monoisotopic (exact) mass is 203 g/mol. The van der Waals surface area contributed by atoms with Gasteiger partial charge in [-0.3, -0.25) is 0 Å². The molecular formula is C8H10FNO2S. The highest BCUT2D eigenvalue weighted by atomic mass is 32.2. The Hall–Kier alpha value is -1.10. The molecule has 5 heteroatoms. The molecule has 1 aromatic rings. The van der Waals surface area contributed by atoms with Crippen molar-refractivity contribution in [3.8, 4) is 5.75 Å². The summed E-state index contributed by atoms with van der Waals surface area (Å²) in [4.78, 5) is 0. The fraction of sp³-hybridized carbons (Fsp3) is 0.250. The van der Waals surface area contributed by atoms with Crippen LogP contribution in [0.1, 0.15) is 6.92 Å². The molecule has 1 rings (SSSR count). The molecule has 0 aliphatic carbocycles. The number of hydrogen-bond donors (Lipinski definition) is 2. The van der Waals surface area contributed by atoms with Crippen molar-refractivity contribution >= 4 is 16.7 Å². The maximum Gasteiger partial charge on any atom is 0.166 e. The summed E-state index contributed by atoms with van der Waals surface area (Å²) in [5.74, 6) is -0.686. The van der Waals surface area contributed by atoms with Gasteiger partial charge in [0.2, 0.25) is 0 Å². The first kappa shape index (κ1) is 9.98. The van der Waals surface area contributed by atoms with Crippen LogP contribution in [-0.4, -0.2) is 15.1 Å². The number of hydrogen-bond acceptors (Lipinski definition) is 2. The third-order valence-electron chi connectivity index (χ3n) is 1.44. The van der Waals surface area contributed by atoms with Crippen LogP contribution in [0.3, 0.4) is 0 Å². The van der Waals surface area contributed by atoms with Crippen LogP contribution in [0.15, 0.2) is 18.2 Å². The van der Waals surface area contributed by atoms with E-state index in [9.17, 15) is 8.60 Å². The van der Waals surface area contributed by atoms with Crippen LogP contribution in [0, 0.1) is 5.82 Å². The molecule has 0 aliphatic heterocycles. The minimum Gasteiger partial charge on any atom is -0.505 e. The van der Waals surface area contributed by atoms with Gasteiger partial charge in [-0.15, -0.1) is 0 Å². The van der Waals surface area contributed by atoms with Gasteiger partial charge < -0.3 is 9.83 Å². The van der Waals surface area contributed by atoms with E-state index in [0.29, 0.717) is 11.4 Å². The molecule has 1 unspecified atom stereocenters. The Labute approximate surface area is 78.2 Å². The van der Waals surface area contributed by atoms with E-state index in [4.69, 9.17) is 5.11 Å². The second kappa shape index (κ2) is 4.23. The molecule has 0 fully saturated rings. The van der Waals surface area contributed by atoms with E-state index in [0.717, 1.165) is 6.07 Å². The first-order valence-electron chi connectivity index (χ1n) is 3.77. The van der Waals surface area contributed by atoms with Crippen molar-refractivity contribution in [2.45, 2.75) is 6.92 Å². The topological polar surface area (TPSA) is 49.3 Å². The Morgan fingerprint density at radius 2 is 2.31 bits per heavy atom. The highest BCUT2D eigenvalue weighted by Gasteiger charge is 2.02. The lowest BCUT2D eigenvalue weighted by molar-refractivity contribution is 0.432. The lowest BCUT2D eigenvalue weighted by atomic mass is 10.3. The molecule has 0 amide bonds. The van der Waals surface area contributed by atoms with Crippen LogP contribution in [0.5, 0.6) is 5.75 Å². The summed E-state index contributed by atoms with van der Waals surface area (Å²) in [6.07, 6.45) is 0. The number of halogens is 1. The van der Waals surface area contributed by atoms with Crippen LogP contribution < -0.4 is 4.72 Å². The summed E-state index contributed by atoms with van der Waals surface area (Å²) in [5, 5.41) is 8.86. The lowest BCUT2D eigenvalue weighted by Gasteiger charge is -2.04. The molecule has 1 atom stereocenters. The maximum absolute atomic E-state index is 12.7. The van der Waals surface area contributed by atoms with E-state index in [2.05, 4.69) is 4.72 Å². The number of rotatable bonds is 3. The fourth-order valence-electron chi connectivity index (χ4n) is 0.774. The summed E-state index contributed by atoms with van der Waals surface area (Å²) < 4.78 is 26.3. The number of benzene rings is 1. The fourth-order valence-corrected chi connectivity index (χ4v) is 1.31. The second-order valence-corrected chi connectivity index (χ2v) is 3.87. The van der Waals surface area contributed by atoms with E-state index in [1.165, 1.54) is 12.1 Å². The van der Waals surface area contributed by atoms with E-state index in [1.54, 1.807) is 6.92 Å². The Kier molecular flexibility index (Phi) is 3.25. The Bertz CT molecular complexity index is 330. The molecule has 0 aliphatic rings. The van der Waals surface area contributed by atoms with Gasteiger partial charge in [0.05, 0.1) is 0 Å². The number of phenols is 1. The van der Waals surface area contributed by atoms with E-state index >= 15 is 0 Å². The smallest absolute Gasteiger partial charge is 0.166 e. The number of anilines is 1. The van der Waals surface area contributed by atoms with Crippen molar-refractivity contribution in [2.24, 2.45) is 0 Å². The molecule has 0 heterocycles. The van der Waals surface area contributed by atoms with Crippen molar-refractivity contribution in [3.63, 3.8) is 0 Å². The van der Waals surface area contributed by atoms with Gasteiger partial charge in [0.25, 0.3) is 0 Å². The molecule has 1 aromatic carbocycles. The first-order chi connectivity index (χ1) is 6.13. The average Bonchev–Trinajstić information content (AvgIpc) is 2.11. The van der Waals surface area contributed by atoms with Crippen molar-refractivity contribution < 1.29 is 13.7 Å². The summed E-state index contributed by atoms with van der Waals surface area (Å²) >= 11 is 0. The summed E-state index contributed by atoms with van der Waals surface area (Å²) in [5.41, 5.74) is 0.399. The van der Waals surface area contributed by atoms with Crippen molar-refractivity contribution in [1.29, 1.82) is 0 Å². The zero-order valence-electron chi connectivity index (χ0n) is 7.08. The summed E-state index contributed by atoms with van der Waals surface area (Å²) in [6, 6.07) is 3.78. The van der Waals surface area contributed by atoms with Crippen LogP contribution in [0.4, 0.5) is 10.1 Å². The molecule has 2 N–H and O–H groups in total. The third-order valence-corrected chi connectivity index (χ3v) is 2.43. The minimum atomic E-state index is -1.19. The maximum atomic E-state index is 12.7. The van der Waals surface area contributed by atoms with Gasteiger partial charge in [0.1, 0.15) is 11.0 Å². The summed E-state index contributed by atoms with van der Waals surface area (Å²) in [6.45, 7) is 1.75. The van der Waals surface area contributed by atoms with Crippen molar-refractivity contribution in [2.75, 3.05) is 10.5 Å². The largest absolute Gasteiger partial charge is 0.505 e. The Morgan fingerprint density at radius 1 is 1.62 bits per heavy atom. The Balaban J connectivity index is 2.79. The molecule has 0 bridgehead atoms. The van der Waals surface area contributed by atoms with Crippen LogP contribution >= 0.6 is 0 Å². The molecule has 0 saturated carbocycles. The minimum absolute atomic E-state index is 0.399. The molecule has 0 radical (unpaired) electrons. The molecule has 72 valence electrons. The zero-order valence-corrected chi connectivity index (χ0v) is 7.90.